The Balaban J connectivity index is 1.29. The first kappa shape index (κ1) is 28.8. The van der Waals surface area contributed by atoms with Gasteiger partial charge in [0.1, 0.15) is 11.8 Å². The second kappa shape index (κ2) is 12.9. The molecule has 1 fully saturated rings. The molecule has 2 atom stereocenters. The number of carbonyl (C=O) groups is 2. The van der Waals surface area contributed by atoms with Gasteiger partial charge < -0.3 is 20.7 Å². The number of aryl methyl sites for hydroxylation is 1. The van der Waals surface area contributed by atoms with Crippen LogP contribution < -0.4 is 20.7 Å². The van der Waals surface area contributed by atoms with E-state index in [1.165, 1.54) is 11.3 Å². The highest BCUT2D eigenvalue weighted by Gasteiger charge is 2.28. The molecule has 41 heavy (non-hydrogen) atoms. The third-order valence-corrected chi connectivity index (χ3v) is 9.00. The van der Waals surface area contributed by atoms with E-state index in [9.17, 15) is 9.59 Å². The molecule has 4 aromatic rings. The molecule has 1 aliphatic carbocycles. The molecule has 0 saturated heterocycles. The number of nitrogens with zero attached hydrogens (tertiary/aromatic N) is 2. The maximum Gasteiger partial charge on any atom is 0.262 e. The van der Waals surface area contributed by atoms with Gasteiger partial charge in [-0.05, 0) is 68.7 Å². The van der Waals surface area contributed by atoms with Crippen LogP contribution in [0.3, 0.4) is 0 Å². The van der Waals surface area contributed by atoms with Crippen LogP contribution in [0.4, 0.5) is 11.4 Å². The summed E-state index contributed by atoms with van der Waals surface area (Å²) in [5, 5.41) is 10.9. The number of fused-ring (bicyclic) bond motifs is 1. The highest BCUT2D eigenvalue weighted by Crippen LogP contribution is 2.31. The van der Waals surface area contributed by atoms with Gasteiger partial charge in [0.25, 0.3) is 5.91 Å². The molecule has 8 nitrogen and oxygen atoms in total. The average molecular weight is 592 g/mol. The van der Waals surface area contributed by atoms with E-state index in [1.54, 1.807) is 19.5 Å². The van der Waals surface area contributed by atoms with Crippen molar-refractivity contribution in [2.24, 2.45) is 5.92 Å². The van der Waals surface area contributed by atoms with Crippen molar-refractivity contribution in [3.05, 3.63) is 75.3 Å². The summed E-state index contributed by atoms with van der Waals surface area (Å²) in [5.74, 6) is 0.580. The molecule has 5 rings (SSSR count). The molecule has 0 aliphatic heterocycles. The quantitative estimate of drug-likeness (QED) is 0.181. The summed E-state index contributed by atoms with van der Waals surface area (Å²) < 4.78 is 5.29. The fourth-order valence-electron chi connectivity index (χ4n) is 5.24. The third kappa shape index (κ3) is 7.15. The van der Waals surface area contributed by atoms with Gasteiger partial charge in [0.2, 0.25) is 5.91 Å². The second-order valence-corrected chi connectivity index (χ2v) is 12.1. The van der Waals surface area contributed by atoms with E-state index in [2.05, 4.69) is 25.9 Å². The minimum absolute atomic E-state index is 0.0564. The standard InChI is InChI=1S/C31H34ClN5O3S/c1-18-26(15-22(32)16-33-18)35-19(2)28-10-11-29(41-28)31(39)37-27(12-20-6-4-5-7-20)30(38)36-23-8-9-25-21(13-23)14-24(40-3)17-34-25/h8-11,13-17,19-20,27,35H,4-7,12H2,1-3H3,(H,36,38)(H,37,39)/t19-,27-/m0/s1. The van der Waals surface area contributed by atoms with Gasteiger partial charge in [-0.2, -0.15) is 0 Å². The van der Waals surface area contributed by atoms with Gasteiger partial charge in [0.15, 0.2) is 0 Å². The van der Waals surface area contributed by atoms with E-state index in [1.807, 2.05) is 56.3 Å². The number of hydrogen-bond acceptors (Lipinski definition) is 7. The normalized spacial score (nSPS) is 14.9. The summed E-state index contributed by atoms with van der Waals surface area (Å²) in [6, 6.07) is 12.3. The fourth-order valence-corrected chi connectivity index (χ4v) is 6.31. The highest BCUT2D eigenvalue weighted by atomic mass is 35.5. The Labute approximate surface area is 248 Å². The number of aromatic nitrogens is 2. The number of methoxy groups -OCH3 is 1. The zero-order chi connectivity index (χ0) is 28.9. The Kier molecular flexibility index (Phi) is 9.05. The number of anilines is 2. The van der Waals surface area contributed by atoms with Gasteiger partial charge in [-0.25, -0.2) is 0 Å². The summed E-state index contributed by atoms with van der Waals surface area (Å²) in [6.07, 6.45) is 8.36. The summed E-state index contributed by atoms with van der Waals surface area (Å²) in [7, 11) is 1.59. The van der Waals surface area contributed by atoms with Crippen molar-refractivity contribution < 1.29 is 14.3 Å². The molecule has 10 heteroatoms. The molecule has 3 heterocycles. The second-order valence-electron chi connectivity index (χ2n) is 10.5. The molecule has 3 N–H and O–H groups in total. The molecule has 2 amide bonds. The van der Waals surface area contributed by atoms with Crippen molar-refractivity contribution in [3.63, 3.8) is 0 Å². The number of amides is 2. The van der Waals surface area contributed by atoms with E-state index in [0.717, 1.165) is 52.8 Å². The van der Waals surface area contributed by atoms with Crippen molar-refractivity contribution >= 4 is 57.0 Å². The smallest absolute Gasteiger partial charge is 0.262 e. The number of pyridine rings is 2. The van der Waals surface area contributed by atoms with Crippen molar-refractivity contribution in [1.29, 1.82) is 0 Å². The first-order valence-corrected chi connectivity index (χ1v) is 15.0. The maximum atomic E-state index is 13.5. The van der Waals surface area contributed by atoms with Gasteiger partial charge in [0, 0.05) is 22.1 Å². The molecule has 1 aliphatic rings. The topological polar surface area (TPSA) is 105 Å². The SMILES string of the molecule is COc1cnc2ccc(NC(=O)[C@H](CC3CCCC3)NC(=O)c3ccc([C@H](C)Nc4cc(Cl)cnc4C)s3)cc2c1. The molecule has 0 bridgehead atoms. The number of thiophene rings is 1. The van der Waals surface area contributed by atoms with Crippen molar-refractivity contribution in [2.75, 3.05) is 17.7 Å². The van der Waals surface area contributed by atoms with Crippen molar-refractivity contribution in [2.45, 2.75) is 58.0 Å². The van der Waals surface area contributed by atoms with E-state index in [0.29, 0.717) is 33.7 Å². The lowest BCUT2D eigenvalue weighted by Gasteiger charge is -2.21. The zero-order valence-corrected chi connectivity index (χ0v) is 24.9. The minimum Gasteiger partial charge on any atom is -0.495 e. The van der Waals surface area contributed by atoms with Crippen molar-refractivity contribution in [3.8, 4) is 5.75 Å². The maximum absolute atomic E-state index is 13.5. The Hall–Kier alpha value is -3.69. The van der Waals surface area contributed by atoms with Gasteiger partial charge in [-0.15, -0.1) is 11.3 Å². The first-order chi connectivity index (χ1) is 19.8. The predicted molar refractivity (Wildman–Crippen MR) is 165 cm³/mol. The van der Waals surface area contributed by atoms with E-state index < -0.39 is 6.04 Å². The number of nitrogens with one attached hydrogen (secondary N) is 3. The van der Waals surface area contributed by atoms with Crippen LogP contribution >= 0.6 is 22.9 Å². The zero-order valence-electron chi connectivity index (χ0n) is 23.4. The Morgan fingerprint density at radius 3 is 2.68 bits per heavy atom. The average Bonchev–Trinajstić information content (AvgIpc) is 3.67. The largest absolute Gasteiger partial charge is 0.495 e. The Morgan fingerprint density at radius 1 is 1.10 bits per heavy atom. The first-order valence-electron chi connectivity index (χ1n) is 13.8. The number of hydrogen-bond donors (Lipinski definition) is 3. The van der Waals surface area contributed by atoms with E-state index >= 15 is 0 Å². The molecular formula is C31H34ClN5O3S. The summed E-state index contributed by atoms with van der Waals surface area (Å²) in [4.78, 5) is 37.1. The molecule has 0 radical (unpaired) electrons. The summed E-state index contributed by atoms with van der Waals surface area (Å²) in [5.41, 5.74) is 3.14. The van der Waals surface area contributed by atoms with E-state index in [-0.39, 0.29) is 17.9 Å². The monoisotopic (exact) mass is 591 g/mol. The van der Waals surface area contributed by atoms with Gasteiger partial charge in [-0.1, -0.05) is 37.3 Å². The Morgan fingerprint density at radius 2 is 1.90 bits per heavy atom. The van der Waals surface area contributed by atoms with Gasteiger partial charge in [-0.3, -0.25) is 19.6 Å². The lowest BCUT2D eigenvalue weighted by Crippen LogP contribution is -2.44. The molecule has 0 spiro atoms. The minimum atomic E-state index is -0.647. The van der Waals surface area contributed by atoms with Gasteiger partial charge >= 0.3 is 0 Å². The molecule has 1 saturated carbocycles. The van der Waals surface area contributed by atoms with Crippen LogP contribution in [0, 0.1) is 12.8 Å². The number of ether oxygens (including phenoxy) is 1. The third-order valence-electron chi connectivity index (χ3n) is 7.53. The molecule has 3 aromatic heterocycles. The molecule has 0 unspecified atom stereocenters. The highest BCUT2D eigenvalue weighted by molar-refractivity contribution is 7.14. The number of rotatable bonds is 10. The lowest BCUT2D eigenvalue weighted by atomic mass is 9.97. The Bertz CT molecular complexity index is 1550. The number of carbonyl (C=O) groups excluding carboxylic acids is 2. The predicted octanol–water partition coefficient (Wildman–Crippen LogP) is 7.15. The molecular weight excluding hydrogens is 558 g/mol. The van der Waals surface area contributed by atoms with Crippen LogP contribution in [-0.2, 0) is 4.79 Å². The number of benzene rings is 1. The van der Waals surface area contributed by atoms with Crippen LogP contribution in [0.2, 0.25) is 5.02 Å². The van der Waals surface area contributed by atoms with Gasteiger partial charge in [0.05, 0.1) is 46.1 Å². The lowest BCUT2D eigenvalue weighted by molar-refractivity contribution is -0.118. The van der Waals surface area contributed by atoms with Crippen LogP contribution in [0.5, 0.6) is 5.75 Å². The number of halogens is 1. The molecule has 214 valence electrons. The van der Waals surface area contributed by atoms with Crippen LogP contribution in [0.15, 0.2) is 54.9 Å². The van der Waals surface area contributed by atoms with Crippen LogP contribution in [0.25, 0.3) is 10.9 Å². The molecule has 1 aromatic carbocycles. The van der Waals surface area contributed by atoms with Crippen molar-refractivity contribution in [1.82, 2.24) is 15.3 Å². The van der Waals surface area contributed by atoms with E-state index in [4.69, 9.17) is 16.3 Å². The summed E-state index contributed by atoms with van der Waals surface area (Å²) in [6.45, 7) is 3.94. The van der Waals surface area contributed by atoms with Crippen LogP contribution in [-0.4, -0.2) is 34.9 Å². The van der Waals surface area contributed by atoms with Crippen LogP contribution in [0.1, 0.15) is 65.3 Å². The fraction of sp³-hybridized carbons (Fsp3) is 0.355. The summed E-state index contributed by atoms with van der Waals surface area (Å²) >= 11 is 7.53.